The molecule has 0 saturated carbocycles. The molecule has 0 unspecified atom stereocenters. The lowest BCUT2D eigenvalue weighted by Gasteiger charge is -2.11. The van der Waals surface area contributed by atoms with Crippen LogP contribution in [0.5, 0.6) is 0 Å². The minimum absolute atomic E-state index is 0.188. The zero-order valence-electron chi connectivity index (χ0n) is 16.0. The van der Waals surface area contributed by atoms with Crippen molar-refractivity contribution in [3.05, 3.63) is 88.1 Å². The van der Waals surface area contributed by atoms with Crippen LogP contribution in [0.3, 0.4) is 0 Å². The minimum Gasteiger partial charge on any atom is -0.316 e. The van der Waals surface area contributed by atoms with Crippen LogP contribution in [-0.4, -0.2) is 26.4 Å². The zero-order valence-corrected chi connectivity index (χ0v) is 16.8. The fourth-order valence-electron chi connectivity index (χ4n) is 3.46. The van der Waals surface area contributed by atoms with Gasteiger partial charge in [-0.2, -0.15) is 0 Å². The van der Waals surface area contributed by atoms with Gasteiger partial charge in [0.15, 0.2) is 0 Å². The fourth-order valence-corrected chi connectivity index (χ4v) is 3.59. The van der Waals surface area contributed by atoms with Crippen LogP contribution in [0.4, 0.5) is 4.79 Å². The molecule has 1 aromatic carbocycles. The van der Waals surface area contributed by atoms with E-state index >= 15 is 0 Å². The van der Waals surface area contributed by atoms with Crippen LogP contribution < -0.4 is 5.32 Å². The number of rotatable bonds is 4. The summed E-state index contributed by atoms with van der Waals surface area (Å²) in [5.41, 5.74) is 4.87. The molecule has 0 radical (unpaired) electrons. The summed E-state index contributed by atoms with van der Waals surface area (Å²) in [5.74, 6) is -0.351. The Morgan fingerprint density at radius 2 is 1.90 bits per heavy atom. The number of hydrogen-bond donors (Lipinski definition) is 1. The van der Waals surface area contributed by atoms with Gasteiger partial charge in [0.1, 0.15) is 5.70 Å². The summed E-state index contributed by atoms with van der Waals surface area (Å²) in [4.78, 5) is 30.5. The molecule has 3 aromatic rings. The first-order valence-electron chi connectivity index (χ1n) is 9.12. The Morgan fingerprint density at radius 1 is 1.14 bits per heavy atom. The van der Waals surface area contributed by atoms with Crippen LogP contribution in [0.25, 0.3) is 11.8 Å². The van der Waals surface area contributed by atoms with Crippen molar-refractivity contribution in [3.63, 3.8) is 0 Å². The lowest BCUT2D eigenvalue weighted by molar-refractivity contribution is -0.123. The Bertz CT molecular complexity index is 1120. The first-order valence-corrected chi connectivity index (χ1v) is 9.50. The highest BCUT2D eigenvalue weighted by Crippen LogP contribution is 2.24. The van der Waals surface area contributed by atoms with Crippen molar-refractivity contribution in [2.75, 3.05) is 0 Å². The molecule has 0 aliphatic carbocycles. The van der Waals surface area contributed by atoms with E-state index in [1.807, 2.05) is 32.0 Å². The maximum Gasteiger partial charge on any atom is 0.329 e. The number of nitrogens with zero attached hydrogens (tertiary/aromatic N) is 3. The average molecular weight is 407 g/mol. The number of hydrogen-bond acceptors (Lipinski definition) is 3. The molecular formula is C22H19ClN4O2. The molecule has 6 nitrogen and oxygen atoms in total. The molecule has 3 heterocycles. The van der Waals surface area contributed by atoms with Crippen LogP contribution in [0.1, 0.15) is 22.5 Å². The van der Waals surface area contributed by atoms with Gasteiger partial charge in [-0.3, -0.25) is 14.7 Å². The van der Waals surface area contributed by atoms with Crippen molar-refractivity contribution < 1.29 is 9.59 Å². The Kier molecular flexibility index (Phi) is 4.94. The molecule has 4 rings (SSSR count). The van der Waals surface area contributed by atoms with Gasteiger partial charge in [-0.25, -0.2) is 4.79 Å². The number of imide groups is 1. The van der Waals surface area contributed by atoms with Crippen LogP contribution in [-0.2, 0) is 11.3 Å². The molecule has 2 aromatic heterocycles. The molecule has 7 heteroatoms. The van der Waals surface area contributed by atoms with E-state index in [-0.39, 0.29) is 18.1 Å². The monoisotopic (exact) mass is 406 g/mol. The van der Waals surface area contributed by atoms with Crippen molar-refractivity contribution in [2.24, 2.45) is 0 Å². The highest BCUT2D eigenvalue weighted by atomic mass is 35.5. The number of halogens is 1. The third kappa shape index (κ3) is 3.67. The number of carbonyl (C=O) groups is 2. The number of aryl methyl sites for hydroxylation is 1. The number of aromatic nitrogens is 2. The van der Waals surface area contributed by atoms with Gasteiger partial charge in [0.25, 0.3) is 5.91 Å². The van der Waals surface area contributed by atoms with E-state index in [1.165, 1.54) is 4.90 Å². The quantitative estimate of drug-likeness (QED) is 0.520. The number of carbonyl (C=O) groups excluding carboxylic acids is 2. The number of pyridine rings is 1. The summed E-state index contributed by atoms with van der Waals surface area (Å²) < 4.78 is 2.06. The van der Waals surface area contributed by atoms with Crippen molar-refractivity contribution in [2.45, 2.75) is 20.4 Å². The SMILES string of the molecule is Cc1cc(/C=C2/NC(=O)N(Cc3ccc(Cl)cc3)C2=O)c(C)n1-c1cccnc1. The van der Waals surface area contributed by atoms with Gasteiger partial charge >= 0.3 is 6.03 Å². The Balaban J connectivity index is 1.62. The number of urea groups is 1. The van der Waals surface area contributed by atoms with Crippen LogP contribution >= 0.6 is 11.6 Å². The second kappa shape index (κ2) is 7.56. The van der Waals surface area contributed by atoms with Gasteiger partial charge in [-0.05, 0) is 61.4 Å². The summed E-state index contributed by atoms with van der Waals surface area (Å²) in [7, 11) is 0. The van der Waals surface area contributed by atoms with E-state index in [4.69, 9.17) is 11.6 Å². The molecule has 1 saturated heterocycles. The summed E-state index contributed by atoms with van der Waals surface area (Å²) in [6, 6.07) is 12.5. The molecule has 0 spiro atoms. The lowest BCUT2D eigenvalue weighted by Crippen LogP contribution is -2.30. The van der Waals surface area contributed by atoms with Gasteiger partial charge < -0.3 is 9.88 Å². The predicted octanol–water partition coefficient (Wildman–Crippen LogP) is 4.24. The van der Waals surface area contributed by atoms with E-state index in [2.05, 4.69) is 14.9 Å². The normalized spacial score (nSPS) is 15.3. The molecule has 0 bridgehead atoms. The first kappa shape index (κ1) is 19.0. The van der Waals surface area contributed by atoms with Gasteiger partial charge in [0.05, 0.1) is 18.4 Å². The van der Waals surface area contributed by atoms with Gasteiger partial charge in [0, 0.05) is 22.6 Å². The van der Waals surface area contributed by atoms with Crippen LogP contribution in [0.2, 0.25) is 5.02 Å². The molecule has 146 valence electrons. The molecular weight excluding hydrogens is 388 g/mol. The Hall–Kier alpha value is -3.38. The first-order chi connectivity index (χ1) is 13.9. The molecule has 1 aliphatic rings. The van der Waals surface area contributed by atoms with E-state index < -0.39 is 6.03 Å². The molecule has 0 atom stereocenters. The van der Waals surface area contributed by atoms with Crippen LogP contribution in [0.15, 0.2) is 60.6 Å². The zero-order chi connectivity index (χ0) is 20.5. The molecule has 1 N–H and O–H groups in total. The predicted molar refractivity (Wildman–Crippen MR) is 112 cm³/mol. The maximum absolute atomic E-state index is 12.8. The third-order valence-corrected chi connectivity index (χ3v) is 5.14. The van der Waals surface area contributed by atoms with E-state index in [0.29, 0.717) is 5.02 Å². The molecule has 1 aliphatic heterocycles. The van der Waals surface area contributed by atoms with E-state index in [1.54, 1.807) is 42.7 Å². The van der Waals surface area contributed by atoms with E-state index in [0.717, 1.165) is 28.2 Å². The lowest BCUT2D eigenvalue weighted by atomic mass is 10.2. The average Bonchev–Trinajstić information content (AvgIpc) is 3.14. The topological polar surface area (TPSA) is 67.2 Å². The Morgan fingerprint density at radius 3 is 2.59 bits per heavy atom. The highest BCUT2D eigenvalue weighted by molar-refractivity contribution is 6.30. The van der Waals surface area contributed by atoms with Gasteiger partial charge in [-0.15, -0.1) is 0 Å². The van der Waals surface area contributed by atoms with Crippen molar-refractivity contribution >= 4 is 29.6 Å². The number of amides is 3. The second-order valence-corrected chi connectivity index (χ2v) is 7.32. The molecule has 1 fully saturated rings. The number of nitrogens with one attached hydrogen (secondary N) is 1. The molecule has 3 amide bonds. The maximum atomic E-state index is 12.8. The fraction of sp³-hybridized carbons (Fsp3) is 0.136. The van der Waals surface area contributed by atoms with Crippen molar-refractivity contribution in [1.82, 2.24) is 19.8 Å². The highest BCUT2D eigenvalue weighted by Gasteiger charge is 2.33. The summed E-state index contributed by atoms with van der Waals surface area (Å²) >= 11 is 5.90. The summed E-state index contributed by atoms with van der Waals surface area (Å²) in [6.45, 7) is 4.15. The van der Waals surface area contributed by atoms with Gasteiger partial charge in [0.2, 0.25) is 0 Å². The number of benzene rings is 1. The van der Waals surface area contributed by atoms with E-state index in [9.17, 15) is 9.59 Å². The molecule has 29 heavy (non-hydrogen) atoms. The van der Waals surface area contributed by atoms with Crippen LogP contribution in [0, 0.1) is 13.8 Å². The Labute approximate surface area is 173 Å². The van der Waals surface area contributed by atoms with Crippen molar-refractivity contribution in [3.8, 4) is 5.69 Å². The summed E-state index contributed by atoms with van der Waals surface area (Å²) in [5, 5.41) is 3.29. The largest absolute Gasteiger partial charge is 0.329 e. The van der Waals surface area contributed by atoms with Crippen molar-refractivity contribution in [1.29, 1.82) is 0 Å². The van der Waals surface area contributed by atoms with Gasteiger partial charge in [-0.1, -0.05) is 23.7 Å². The summed E-state index contributed by atoms with van der Waals surface area (Å²) in [6.07, 6.45) is 5.23. The smallest absolute Gasteiger partial charge is 0.316 e. The second-order valence-electron chi connectivity index (χ2n) is 6.88. The standard InChI is InChI=1S/C22H19ClN4O2/c1-14-10-17(15(2)27(14)19-4-3-9-24-12-19)11-20-21(28)26(22(29)25-20)13-16-5-7-18(23)8-6-16/h3-12H,13H2,1-2H3,(H,25,29)/b20-11+. The minimum atomic E-state index is -0.433. The third-order valence-electron chi connectivity index (χ3n) is 4.89.